The zero-order valence-electron chi connectivity index (χ0n) is 10.0. The highest BCUT2D eigenvalue weighted by atomic mass is 16.4. The third-order valence-electron chi connectivity index (χ3n) is 2.56. The van der Waals surface area contributed by atoms with Crippen LogP contribution in [0.15, 0.2) is 40.5 Å². The summed E-state index contributed by atoms with van der Waals surface area (Å²) in [6.07, 6.45) is 11.3. The standard InChI is InChI=1S/C14H17NO/c1-10(2)14-15-9-13(16-14)12-7-5-4-6-11(3)8-12/h4-5,7-10H,6H2,1-3H3. The van der Waals surface area contributed by atoms with E-state index in [1.54, 1.807) is 0 Å². The van der Waals surface area contributed by atoms with Crippen molar-refractivity contribution < 1.29 is 4.42 Å². The van der Waals surface area contributed by atoms with Crippen molar-refractivity contribution in [1.82, 2.24) is 4.98 Å². The van der Waals surface area contributed by atoms with Gasteiger partial charge in [0.2, 0.25) is 0 Å². The zero-order valence-corrected chi connectivity index (χ0v) is 10.0. The molecule has 1 aliphatic carbocycles. The Morgan fingerprint density at radius 1 is 1.38 bits per heavy atom. The van der Waals surface area contributed by atoms with E-state index in [0.717, 1.165) is 23.6 Å². The molecule has 0 spiro atoms. The van der Waals surface area contributed by atoms with E-state index in [4.69, 9.17) is 4.42 Å². The molecule has 0 unspecified atom stereocenters. The fourth-order valence-corrected chi connectivity index (χ4v) is 1.64. The Morgan fingerprint density at radius 3 is 2.88 bits per heavy atom. The molecule has 0 saturated heterocycles. The first-order valence-corrected chi connectivity index (χ1v) is 5.67. The Bertz CT molecular complexity index is 461. The molecular formula is C14H17NO. The number of allylic oxidation sites excluding steroid dienone is 6. The van der Waals surface area contributed by atoms with E-state index >= 15 is 0 Å². The Balaban J connectivity index is 2.32. The molecule has 1 aromatic rings. The summed E-state index contributed by atoms with van der Waals surface area (Å²) in [5.41, 5.74) is 2.44. The Morgan fingerprint density at radius 2 is 2.19 bits per heavy atom. The Kier molecular flexibility index (Phi) is 3.09. The molecule has 0 saturated carbocycles. The van der Waals surface area contributed by atoms with Crippen molar-refractivity contribution in [3.05, 3.63) is 47.7 Å². The molecule has 0 fully saturated rings. The van der Waals surface area contributed by atoms with E-state index in [2.05, 4.69) is 50.1 Å². The lowest BCUT2D eigenvalue weighted by Gasteiger charge is -1.99. The van der Waals surface area contributed by atoms with Crippen molar-refractivity contribution >= 4 is 5.57 Å². The second kappa shape index (κ2) is 4.52. The number of aromatic nitrogens is 1. The SMILES string of the molecule is CC1=CC(c2cnc(C(C)C)o2)=CC=CC1. The van der Waals surface area contributed by atoms with E-state index in [0.29, 0.717) is 5.92 Å². The van der Waals surface area contributed by atoms with Crippen LogP contribution in [0.2, 0.25) is 0 Å². The lowest BCUT2D eigenvalue weighted by molar-refractivity contribution is 0.463. The van der Waals surface area contributed by atoms with Crippen LogP contribution in [0.1, 0.15) is 44.8 Å². The second-order valence-corrected chi connectivity index (χ2v) is 4.46. The minimum Gasteiger partial charge on any atom is -0.440 e. The predicted octanol–water partition coefficient (Wildman–Crippen LogP) is 4.09. The molecule has 1 heterocycles. The number of hydrogen-bond acceptors (Lipinski definition) is 2. The first-order valence-electron chi connectivity index (χ1n) is 5.67. The third-order valence-corrected chi connectivity index (χ3v) is 2.56. The van der Waals surface area contributed by atoms with Crippen LogP contribution in [0.4, 0.5) is 0 Å². The fourth-order valence-electron chi connectivity index (χ4n) is 1.64. The van der Waals surface area contributed by atoms with Crippen LogP contribution in [-0.4, -0.2) is 4.98 Å². The van der Waals surface area contributed by atoms with Crippen LogP contribution >= 0.6 is 0 Å². The topological polar surface area (TPSA) is 26.0 Å². The first kappa shape index (κ1) is 10.9. The lowest BCUT2D eigenvalue weighted by Crippen LogP contribution is -1.84. The van der Waals surface area contributed by atoms with Crippen molar-refractivity contribution in [1.29, 1.82) is 0 Å². The van der Waals surface area contributed by atoms with Crippen molar-refractivity contribution in [2.24, 2.45) is 0 Å². The van der Waals surface area contributed by atoms with Crippen LogP contribution in [-0.2, 0) is 0 Å². The van der Waals surface area contributed by atoms with Gasteiger partial charge in [-0.05, 0) is 13.3 Å². The Labute approximate surface area is 96.4 Å². The normalized spacial score (nSPS) is 16.0. The molecule has 1 aliphatic rings. The summed E-state index contributed by atoms with van der Waals surface area (Å²) in [6, 6.07) is 0. The van der Waals surface area contributed by atoms with E-state index < -0.39 is 0 Å². The minimum absolute atomic E-state index is 0.334. The molecule has 2 nitrogen and oxygen atoms in total. The quantitative estimate of drug-likeness (QED) is 0.742. The fraction of sp³-hybridized carbons (Fsp3) is 0.357. The summed E-state index contributed by atoms with van der Waals surface area (Å²) >= 11 is 0. The minimum atomic E-state index is 0.334. The Hall–Kier alpha value is -1.57. The summed E-state index contributed by atoms with van der Waals surface area (Å²) < 4.78 is 5.73. The van der Waals surface area contributed by atoms with E-state index in [1.165, 1.54) is 5.57 Å². The van der Waals surface area contributed by atoms with Gasteiger partial charge in [-0.1, -0.05) is 43.7 Å². The molecule has 1 aromatic heterocycles. The maximum Gasteiger partial charge on any atom is 0.197 e. The van der Waals surface area contributed by atoms with E-state index in [9.17, 15) is 0 Å². The molecule has 0 bridgehead atoms. The monoisotopic (exact) mass is 215 g/mol. The molecule has 0 aliphatic heterocycles. The van der Waals surface area contributed by atoms with Crippen LogP contribution in [0.25, 0.3) is 5.57 Å². The second-order valence-electron chi connectivity index (χ2n) is 4.46. The maximum atomic E-state index is 5.73. The van der Waals surface area contributed by atoms with Gasteiger partial charge in [0.25, 0.3) is 0 Å². The largest absolute Gasteiger partial charge is 0.440 e. The number of oxazole rings is 1. The van der Waals surface area contributed by atoms with Crippen LogP contribution in [0.5, 0.6) is 0 Å². The van der Waals surface area contributed by atoms with Crippen molar-refractivity contribution in [3.8, 4) is 0 Å². The van der Waals surface area contributed by atoms with Gasteiger partial charge in [0.15, 0.2) is 11.7 Å². The molecule has 0 aromatic carbocycles. The lowest BCUT2D eigenvalue weighted by atomic mass is 10.1. The highest BCUT2D eigenvalue weighted by Crippen LogP contribution is 2.24. The third kappa shape index (κ3) is 2.32. The molecular weight excluding hydrogens is 198 g/mol. The summed E-state index contributed by atoms with van der Waals surface area (Å²) in [7, 11) is 0. The zero-order chi connectivity index (χ0) is 11.5. The van der Waals surface area contributed by atoms with Crippen LogP contribution in [0, 0.1) is 0 Å². The summed E-state index contributed by atoms with van der Waals surface area (Å²) in [6.45, 7) is 6.29. The molecule has 2 heteroatoms. The van der Waals surface area contributed by atoms with Crippen molar-refractivity contribution in [2.75, 3.05) is 0 Å². The average Bonchev–Trinajstić information content (AvgIpc) is 2.63. The molecule has 0 amide bonds. The number of rotatable bonds is 2. The maximum absolute atomic E-state index is 5.73. The van der Waals surface area contributed by atoms with Gasteiger partial charge in [0.05, 0.1) is 6.20 Å². The molecule has 84 valence electrons. The van der Waals surface area contributed by atoms with Gasteiger partial charge < -0.3 is 4.42 Å². The molecule has 0 radical (unpaired) electrons. The van der Waals surface area contributed by atoms with E-state index in [1.807, 2.05) is 6.20 Å². The van der Waals surface area contributed by atoms with E-state index in [-0.39, 0.29) is 0 Å². The van der Waals surface area contributed by atoms with Crippen molar-refractivity contribution in [3.63, 3.8) is 0 Å². The molecule has 2 rings (SSSR count). The van der Waals surface area contributed by atoms with Gasteiger partial charge in [-0.3, -0.25) is 0 Å². The van der Waals surface area contributed by atoms with Gasteiger partial charge in [-0.25, -0.2) is 4.98 Å². The summed E-state index contributed by atoms with van der Waals surface area (Å²) in [5.74, 6) is 1.99. The molecule has 0 N–H and O–H groups in total. The number of nitrogens with zero attached hydrogens (tertiary/aromatic N) is 1. The number of hydrogen-bond donors (Lipinski definition) is 0. The molecule has 0 atom stereocenters. The van der Waals surface area contributed by atoms with Gasteiger partial charge >= 0.3 is 0 Å². The summed E-state index contributed by atoms with van der Waals surface area (Å²) in [5, 5.41) is 0. The van der Waals surface area contributed by atoms with Gasteiger partial charge in [-0.15, -0.1) is 0 Å². The predicted molar refractivity (Wildman–Crippen MR) is 66.1 cm³/mol. The van der Waals surface area contributed by atoms with Gasteiger partial charge in [0.1, 0.15) is 0 Å². The van der Waals surface area contributed by atoms with Crippen LogP contribution in [0.3, 0.4) is 0 Å². The van der Waals surface area contributed by atoms with Gasteiger partial charge in [-0.2, -0.15) is 0 Å². The van der Waals surface area contributed by atoms with Crippen LogP contribution < -0.4 is 0 Å². The highest BCUT2D eigenvalue weighted by Gasteiger charge is 2.10. The highest BCUT2D eigenvalue weighted by molar-refractivity contribution is 5.73. The summed E-state index contributed by atoms with van der Waals surface area (Å²) in [4.78, 5) is 4.29. The first-order chi connectivity index (χ1) is 7.66. The average molecular weight is 215 g/mol. The van der Waals surface area contributed by atoms with Gasteiger partial charge in [0, 0.05) is 11.5 Å². The smallest absolute Gasteiger partial charge is 0.197 e. The molecule has 16 heavy (non-hydrogen) atoms. The van der Waals surface area contributed by atoms with Crippen molar-refractivity contribution in [2.45, 2.75) is 33.1 Å².